The van der Waals surface area contributed by atoms with Crippen LogP contribution in [0.1, 0.15) is 22.9 Å². The minimum atomic E-state index is 0.0692. The number of aryl methyl sites for hydroxylation is 1. The Morgan fingerprint density at radius 2 is 1.48 bits per heavy atom. The first-order chi connectivity index (χ1) is 13.1. The lowest BCUT2D eigenvalue weighted by Crippen LogP contribution is -2.14. The second kappa shape index (κ2) is 7.20. The number of nitrogens with zero attached hydrogens (tertiary/aromatic N) is 1. The summed E-state index contributed by atoms with van der Waals surface area (Å²) in [5.41, 5.74) is 7.23. The van der Waals surface area contributed by atoms with Gasteiger partial charge in [-0.2, -0.15) is 0 Å². The maximum Gasteiger partial charge on any atom is 0.0790 e. The fourth-order valence-corrected chi connectivity index (χ4v) is 3.66. The van der Waals surface area contributed by atoms with Gasteiger partial charge in [0.15, 0.2) is 0 Å². The van der Waals surface area contributed by atoms with E-state index >= 15 is 0 Å². The summed E-state index contributed by atoms with van der Waals surface area (Å²) in [4.78, 5) is 5.67. The Morgan fingerprint density at radius 3 is 2.19 bits per heavy atom. The molecule has 4 rings (SSSR count). The van der Waals surface area contributed by atoms with E-state index in [4.69, 9.17) is 0 Å². The van der Waals surface area contributed by atoms with Crippen molar-refractivity contribution in [2.75, 3.05) is 24.3 Å². The average molecular weight is 355 g/mol. The van der Waals surface area contributed by atoms with E-state index in [1.165, 1.54) is 33.4 Å². The topological polar surface area (TPSA) is 31.1 Å². The van der Waals surface area contributed by atoms with Gasteiger partial charge >= 0.3 is 0 Å². The molecular weight excluding hydrogens is 330 g/mol. The molecule has 1 unspecified atom stereocenters. The molecule has 27 heavy (non-hydrogen) atoms. The van der Waals surface area contributed by atoms with Crippen molar-refractivity contribution < 1.29 is 0 Å². The predicted octanol–water partition coefficient (Wildman–Crippen LogP) is 5.74. The van der Waals surface area contributed by atoms with Crippen LogP contribution in [0.2, 0.25) is 0 Å². The highest BCUT2D eigenvalue weighted by atomic mass is 15.1. The van der Waals surface area contributed by atoms with Gasteiger partial charge in [0.1, 0.15) is 0 Å². The molecule has 0 radical (unpaired) electrons. The van der Waals surface area contributed by atoms with E-state index in [0.29, 0.717) is 0 Å². The van der Waals surface area contributed by atoms with Crippen molar-refractivity contribution in [1.29, 1.82) is 0 Å². The summed E-state index contributed by atoms with van der Waals surface area (Å²) in [6, 6.07) is 27.8. The summed E-state index contributed by atoms with van der Waals surface area (Å²) in [5, 5.41) is 5.01. The summed E-state index contributed by atoms with van der Waals surface area (Å²) in [6.07, 6.45) is 0. The molecule has 0 bridgehead atoms. The minimum absolute atomic E-state index is 0.0692. The molecular formula is C24H25N3. The van der Waals surface area contributed by atoms with Crippen LogP contribution in [0, 0.1) is 6.92 Å². The number of para-hydroxylation sites is 2. The summed E-state index contributed by atoms with van der Waals surface area (Å²) in [7, 11) is 4.14. The molecule has 0 fully saturated rings. The second-order valence-electron chi connectivity index (χ2n) is 7.14. The molecule has 1 atom stereocenters. The zero-order chi connectivity index (χ0) is 18.8. The van der Waals surface area contributed by atoms with Crippen LogP contribution in [0.4, 0.5) is 11.4 Å². The van der Waals surface area contributed by atoms with Crippen molar-refractivity contribution in [3.8, 4) is 0 Å². The first-order valence-electron chi connectivity index (χ1n) is 9.29. The van der Waals surface area contributed by atoms with E-state index in [1.807, 2.05) is 6.07 Å². The Bertz CT molecular complexity index is 1030. The normalized spacial score (nSPS) is 12.1. The van der Waals surface area contributed by atoms with Gasteiger partial charge in [0, 0.05) is 47.6 Å². The fourth-order valence-electron chi connectivity index (χ4n) is 3.66. The number of H-pyrrole nitrogens is 1. The number of rotatable bonds is 5. The Kier molecular flexibility index (Phi) is 4.59. The predicted molar refractivity (Wildman–Crippen MR) is 116 cm³/mol. The molecule has 3 nitrogen and oxygen atoms in total. The number of hydrogen-bond acceptors (Lipinski definition) is 2. The van der Waals surface area contributed by atoms with Crippen LogP contribution in [-0.2, 0) is 0 Å². The molecule has 136 valence electrons. The van der Waals surface area contributed by atoms with E-state index in [0.717, 1.165) is 5.69 Å². The van der Waals surface area contributed by atoms with Crippen molar-refractivity contribution in [3.63, 3.8) is 0 Å². The van der Waals surface area contributed by atoms with Gasteiger partial charge in [-0.1, -0.05) is 48.5 Å². The smallest absolute Gasteiger partial charge is 0.0790 e. The van der Waals surface area contributed by atoms with Crippen molar-refractivity contribution in [1.82, 2.24) is 4.98 Å². The van der Waals surface area contributed by atoms with Gasteiger partial charge in [0.2, 0.25) is 0 Å². The number of hydrogen-bond donors (Lipinski definition) is 2. The quantitative estimate of drug-likeness (QED) is 0.478. The third-order valence-electron chi connectivity index (χ3n) is 5.06. The molecule has 0 spiro atoms. The number of aromatic amines is 1. The third kappa shape index (κ3) is 3.41. The SMILES string of the molecule is Cc1[nH]c2ccccc2c1C(Nc1ccccc1)c1ccc(N(C)C)cc1. The maximum absolute atomic E-state index is 3.75. The molecule has 0 aliphatic carbocycles. The van der Waals surface area contributed by atoms with Crippen molar-refractivity contribution in [3.05, 3.63) is 95.7 Å². The van der Waals surface area contributed by atoms with Crippen molar-refractivity contribution in [2.24, 2.45) is 0 Å². The highest BCUT2D eigenvalue weighted by molar-refractivity contribution is 5.86. The molecule has 1 heterocycles. The lowest BCUT2D eigenvalue weighted by atomic mass is 9.95. The number of aromatic nitrogens is 1. The summed E-state index contributed by atoms with van der Waals surface area (Å²) >= 11 is 0. The van der Waals surface area contributed by atoms with Gasteiger partial charge < -0.3 is 15.2 Å². The number of nitrogens with one attached hydrogen (secondary N) is 2. The molecule has 1 aromatic heterocycles. The van der Waals surface area contributed by atoms with Gasteiger partial charge in [0.25, 0.3) is 0 Å². The van der Waals surface area contributed by atoms with E-state index in [-0.39, 0.29) is 6.04 Å². The maximum atomic E-state index is 3.75. The highest BCUT2D eigenvalue weighted by Gasteiger charge is 2.21. The Labute approximate surface area is 160 Å². The number of anilines is 2. The minimum Gasteiger partial charge on any atom is -0.378 e. The molecule has 2 N–H and O–H groups in total. The van der Waals surface area contributed by atoms with Crippen LogP contribution in [0.15, 0.2) is 78.9 Å². The summed E-state index contributed by atoms with van der Waals surface area (Å²) in [6.45, 7) is 2.16. The summed E-state index contributed by atoms with van der Waals surface area (Å²) < 4.78 is 0. The summed E-state index contributed by atoms with van der Waals surface area (Å²) in [5.74, 6) is 0. The van der Waals surface area contributed by atoms with Crippen LogP contribution < -0.4 is 10.2 Å². The standard InChI is InChI=1S/C24H25N3/c1-17-23(21-11-7-8-12-22(21)25-17)24(26-19-9-5-4-6-10-19)18-13-15-20(16-14-18)27(2)3/h4-16,24-26H,1-3H3. The monoisotopic (exact) mass is 355 g/mol. The molecule has 3 aromatic carbocycles. The van der Waals surface area contributed by atoms with Gasteiger partial charge in [-0.05, 0) is 42.8 Å². The first-order valence-corrected chi connectivity index (χ1v) is 9.29. The van der Waals surface area contributed by atoms with Crippen LogP contribution in [0.5, 0.6) is 0 Å². The second-order valence-corrected chi connectivity index (χ2v) is 7.14. The van der Waals surface area contributed by atoms with E-state index < -0.39 is 0 Å². The number of benzene rings is 3. The van der Waals surface area contributed by atoms with Gasteiger partial charge in [-0.3, -0.25) is 0 Å². The van der Waals surface area contributed by atoms with E-state index in [9.17, 15) is 0 Å². The Morgan fingerprint density at radius 1 is 0.815 bits per heavy atom. The lowest BCUT2D eigenvalue weighted by molar-refractivity contribution is 0.932. The highest BCUT2D eigenvalue weighted by Crippen LogP contribution is 2.35. The average Bonchev–Trinajstić information content (AvgIpc) is 3.02. The molecule has 0 aliphatic heterocycles. The largest absolute Gasteiger partial charge is 0.378 e. The number of fused-ring (bicyclic) bond motifs is 1. The molecule has 0 saturated carbocycles. The molecule has 0 amide bonds. The fraction of sp³-hybridized carbons (Fsp3) is 0.167. The van der Waals surface area contributed by atoms with Crippen molar-refractivity contribution in [2.45, 2.75) is 13.0 Å². The zero-order valence-electron chi connectivity index (χ0n) is 16.0. The van der Waals surface area contributed by atoms with Crippen molar-refractivity contribution >= 4 is 22.3 Å². The molecule has 0 aliphatic rings. The van der Waals surface area contributed by atoms with Gasteiger partial charge in [0.05, 0.1) is 6.04 Å². The molecule has 4 aromatic rings. The van der Waals surface area contributed by atoms with Gasteiger partial charge in [-0.15, -0.1) is 0 Å². The Balaban J connectivity index is 1.83. The Hall–Kier alpha value is -3.20. The molecule has 0 saturated heterocycles. The van der Waals surface area contributed by atoms with E-state index in [2.05, 4.69) is 109 Å². The van der Waals surface area contributed by atoms with Crippen LogP contribution in [0.3, 0.4) is 0 Å². The van der Waals surface area contributed by atoms with Gasteiger partial charge in [-0.25, -0.2) is 0 Å². The first kappa shape index (κ1) is 17.2. The lowest BCUT2D eigenvalue weighted by Gasteiger charge is -2.23. The third-order valence-corrected chi connectivity index (χ3v) is 5.06. The van der Waals surface area contributed by atoms with Crippen LogP contribution in [-0.4, -0.2) is 19.1 Å². The van der Waals surface area contributed by atoms with Crippen LogP contribution >= 0.6 is 0 Å². The van der Waals surface area contributed by atoms with Crippen LogP contribution in [0.25, 0.3) is 10.9 Å². The molecule has 3 heteroatoms. The van der Waals surface area contributed by atoms with E-state index in [1.54, 1.807) is 0 Å². The zero-order valence-corrected chi connectivity index (χ0v) is 16.0.